The third kappa shape index (κ3) is 3.51. The zero-order valence-corrected chi connectivity index (χ0v) is 15.4. The fraction of sp³-hybridized carbons (Fsp3) is 0.200. The Labute approximate surface area is 145 Å². The van der Waals surface area contributed by atoms with E-state index in [2.05, 4.69) is 31.9 Å². The van der Waals surface area contributed by atoms with Gasteiger partial charge in [0.2, 0.25) is 0 Å². The van der Waals surface area contributed by atoms with Crippen molar-refractivity contribution in [2.75, 3.05) is 6.61 Å². The van der Waals surface area contributed by atoms with Crippen LogP contribution in [0.25, 0.3) is 0 Å². The van der Waals surface area contributed by atoms with E-state index in [0.717, 1.165) is 25.8 Å². The Bertz CT molecular complexity index is 617. The SMILES string of the molecule is CCOc1ccc(C(Cl)c2cccc(Br)c2Cl)cc1Br. The lowest BCUT2D eigenvalue weighted by Gasteiger charge is -2.15. The van der Waals surface area contributed by atoms with Gasteiger partial charge in [-0.15, -0.1) is 11.6 Å². The van der Waals surface area contributed by atoms with Crippen LogP contribution in [0.2, 0.25) is 5.02 Å². The lowest BCUT2D eigenvalue weighted by Crippen LogP contribution is -1.97. The van der Waals surface area contributed by atoms with Gasteiger partial charge in [0.1, 0.15) is 5.75 Å². The van der Waals surface area contributed by atoms with E-state index in [-0.39, 0.29) is 5.38 Å². The molecule has 2 rings (SSSR count). The summed E-state index contributed by atoms with van der Waals surface area (Å²) in [4.78, 5) is 0. The molecule has 0 aliphatic heterocycles. The lowest BCUT2D eigenvalue weighted by atomic mass is 10.0. The predicted molar refractivity (Wildman–Crippen MR) is 92.2 cm³/mol. The Balaban J connectivity index is 2.36. The Hall–Kier alpha value is -0.220. The molecule has 0 bridgehead atoms. The van der Waals surface area contributed by atoms with Gasteiger partial charge in [0.05, 0.1) is 21.5 Å². The van der Waals surface area contributed by atoms with Crippen LogP contribution in [0.3, 0.4) is 0 Å². The number of hydrogen-bond acceptors (Lipinski definition) is 1. The van der Waals surface area contributed by atoms with Crippen LogP contribution >= 0.6 is 55.1 Å². The highest BCUT2D eigenvalue weighted by molar-refractivity contribution is 9.10. The van der Waals surface area contributed by atoms with Crippen molar-refractivity contribution >= 4 is 55.1 Å². The summed E-state index contributed by atoms with van der Waals surface area (Å²) < 4.78 is 7.22. The van der Waals surface area contributed by atoms with Crippen LogP contribution in [0.15, 0.2) is 45.3 Å². The standard InChI is InChI=1S/C15H12Br2Cl2O/c1-2-20-13-7-6-9(8-12(13)17)14(18)10-4-3-5-11(16)15(10)19/h3-8,14H,2H2,1H3. The number of ether oxygens (including phenoxy) is 1. The molecule has 0 spiro atoms. The Kier molecular flexibility index (Phi) is 5.79. The van der Waals surface area contributed by atoms with Crippen LogP contribution in [0.4, 0.5) is 0 Å². The monoisotopic (exact) mass is 436 g/mol. The second-order valence-electron chi connectivity index (χ2n) is 4.13. The first-order chi connectivity index (χ1) is 9.54. The van der Waals surface area contributed by atoms with Gasteiger partial charge in [0, 0.05) is 4.47 Å². The Morgan fingerprint density at radius 2 is 1.90 bits per heavy atom. The van der Waals surface area contributed by atoms with E-state index in [4.69, 9.17) is 27.9 Å². The summed E-state index contributed by atoms with van der Waals surface area (Å²) in [6, 6.07) is 11.6. The van der Waals surface area contributed by atoms with Gasteiger partial charge >= 0.3 is 0 Å². The molecule has 0 N–H and O–H groups in total. The zero-order valence-electron chi connectivity index (χ0n) is 10.7. The third-order valence-corrected chi connectivity index (χ3v) is 5.22. The van der Waals surface area contributed by atoms with Crippen molar-refractivity contribution in [3.05, 3.63) is 61.5 Å². The Morgan fingerprint density at radius 1 is 1.15 bits per heavy atom. The van der Waals surface area contributed by atoms with Crippen LogP contribution in [0.5, 0.6) is 5.75 Å². The molecule has 2 aromatic carbocycles. The van der Waals surface area contributed by atoms with E-state index in [1.807, 2.05) is 43.3 Å². The van der Waals surface area contributed by atoms with Crippen molar-refractivity contribution in [2.45, 2.75) is 12.3 Å². The molecule has 0 amide bonds. The van der Waals surface area contributed by atoms with Crippen LogP contribution in [0.1, 0.15) is 23.4 Å². The summed E-state index contributed by atoms with van der Waals surface area (Å²) in [5, 5.41) is 0.324. The normalized spacial score (nSPS) is 12.2. The molecule has 20 heavy (non-hydrogen) atoms. The molecule has 0 aliphatic rings. The summed E-state index contributed by atoms with van der Waals surface area (Å²) in [6.45, 7) is 2.58. The van der Waals surface area contributed by atoms with Gasteiger partial charge in [-0.3, -0.25) is 0 Å². The molecule has 0 aromatic heterocycles. The van der Waals surface area contributed by atoms with Gasteiger partial charge in [0.25, 0.3) is 0 Å². The van der Waals surface area contributed by atoms with E-state index >= 15 is 0 Å². The molecule has 0 saturated heterocycles. The third-order valence-electron chi connectivity index (χ3n) is 2.80. The minimum Gasteiger partial charge on any atom is -0.493 e. The second kappa shape index (κ2) is 7.17. The zero-order chi connectivity index (χ0) is 14.7. The summed E-state index contributed by atoms with van der Waals surface area (Å²) in [6.07, 6.45) is 0. The van der Waals surface area contributed by atoms with Crippen molar-refractivity contribution in [1.29, 1.82) is 0 Å². The fourth-order valence-electron chi connectivity index (χ4n) is 1.84. The van der Waals surface area contributed by atoms with Gasteiger partial charge < -0.3 is 4.74 Å². The van der Waals surface area contributed by atoms with Crippen molar-refractivity contribution in [2.24, 2.45) is 0 Å². The quantitative estimate of drug-likeness (QED) is 0.489. The first-order valence-corrected chi connectivity index (χ1v) is 8.44. The maximum Gasteiger partial charge on any atom is 0.133 e. The predicted octanol–water partition coefficient (Wildman–Crippen LogP) is 6.59. The highest BCUT2D eigenvalue weighted by Crippen LogP contribution is 2.39. The van der Waals surface area contributed by atoms with Crippen molar-refractivity contribution < 1.29 is 4.74 Å². The number of alkyl halides is 1. The van der Waals surface area contributed by atoms with Crippen molar-refractivity contribution in [3.8, 4) is 5.75 Å². The molecule has 106 valence electrons. The molecule has 1 nitrogen and oxygen atoms in total. The highest BCUT2D eigenvalue weighted by Gasteiger charge is 2.17. The van der Waals surface area contributed by atoms with Gasteiger partial charge in [-0.2, -0.15) is 0 Å². The van der Waals surface area contributed by atoms with Gasteiger partial charge in [-0.25, -0.2) is 0 Å². The first-order valence-electron chi connectivity index (χ1n) is 6.04. The Morgan fingerprint density at radius 3 is 2.55 bits per heavy atom. The number of rotatable bonds is 4. The van der Waals surface area contributed by atoms with Crippen molar-refractivity contribution in [1.82, 2.24) is 0 Å². The van der Waals surface area contributed by atoms with E-state index < -0.39 is 0 Å². The molecule has 5 heteroatoms. The largest absolute Gasteiger partial charge is 0.493 e. The van der Waals surface area contributed by atoms with E-state index in [0.29, 0.717) is 11.6 Å². The number of halogens is 4. The van der Waals surface area contributed by atoms with Crippen LogP contribution in [-0.2, 0) is 0 Å². The molecule has 0 aliphatic carbocycles. The van der Waals surface area contributed by atoms with Crippen LogP contribution in [-0.4, -0.2) is 6.61 Å². The van der Waals surface area contributed by atoms with E-state index in [9.17, 15) is 0 Å². The number of benzene rings is 2. The van der Waals surface area contributed by atoms with E-state index in [1.165, 1.54) is 0 Å². The summed E-state index contributed by atoms with van der Waals surface area (Å²) in [5.74, 6) is 0.806. The highest BCUT2D eigenvalue weighted by atomic mass is 79.9. The smallest absolute Gasteiger partial charge is 0.133 e. The second-order valence-corrected chi connectivity index (χ2v) is 6.65. The molecule has 0 saturated carbocycles. The minimum atomic E-state index is -0.313. The molecule has 0 heterocycles. The maximum absolute atomic E-state index is 6.54. The summed E-state index contributed by atoms with van der Waals surface area (Å²) in [5.41, 5.74) is 1.83. The molecular weight excluding hydrogens is 427 g/mol. The van der Waals surface area contributed by atoms with Crippen LogP contribution in [0, 0.1) is 0 Å². The van der Waals surface area contributed by atoms with Gasteiger partial charge in [0.15, 0.2) is 0 Å². The fourth-order valence-corrected chi connectivity index (χ4v) is 3.34. The minimum absolute atomic E-state index is 0.313. The summed E-state index contributed by atoms with van der Waals surface area (Å²) in [7, 11) is 0. The summed E-state index contributed by atoms with van der Waals surface area (Å²) >= 11 is 19.7. The molecule has 0 fully saturated rings. The molecule has 1 atom stereocenters. The topological polar surface area (TPSA) is 9.23 Å². The average Bonchev–Trinajstić information content (AvgIpc) is 2.43. The van der Waals surface area contributed by atoms with E-state index in [1.54, 1.807) is 0 Å². The van der Waals surface area contributed by atoms with Crippen LogP contribution < -0.4 is 4.74 Å². The molecule has 0 radical (unpaired) electrons. The van der Waals surface area contributed by atoms with Crippen molar-refractivity contribution in [3.63, 3.8) is 0 Å². The average molecular weight is 439 g/mol. The number of hydrogen-bond donors (Lipinski definition) is 0. The molecule has 2 aromatic rings. The molecule has 1 unspecified atom stereocenters. The first kappa shape index (κ1) is 16.2. The van der Waals surface area contributed by atoms with Gasteiger partial charge in [-0.1, -0.05) is 29.8 Å². The molecular formula is C15H12Br2Cl2O. The van der Waals surface area contributed by atoms with Gasteiger partial charge in [-0.05, 0) is 68.1 Å². The lowest BCUT2D eigenvalue weighted by molar-refractivity contribution is 0.338. The maximum atomic E-state index is 6.54.